The third kappa shape index (κ3) is 3.81. The predicted molar refractivity (Wildman–Crippen MR) is 100 cm³/mol. The van der Waals surface area contributed by atoms with Crippen molar-refractivity contribution in [3.63, 3.8) is 0 Å². The number of aromatic hydroxyl groups is 1. The molecule has 0 radical (unpaired) electrons. The zero-order valence-electron chi connectivity index (χ0n) is 14.5. The maximum absolute atomic E-state index is 13.2. The maximum Gasteiger partial charge on any atom is 0.416 e. The summed E-state index contributed by atoms with van der Waals surface area (Å²) in [6.07, 6.45) is -2.66. The summed E-state index contributed by atoms with van der Waals surface area (Å²) in [5, 5.41) is 10.9. The van der Waals surface area contributed by atoms with Gasteiger partial charge >= 0.3 is 6.18 Å². The number of hydrogen-bond acceptors (Lipinski definition) is 2. The molecule has 3 nitrogen and oxygen atoms in total. The number of phenols is 1. The molecule has 3 aromatic rings. The molecule has 1 heterocycles. The SMILES string of the molecule is CCCCc1c(-c2cc(Cl)ccc2O)c2cc(C(F)(F)F)ccc2[nH]c1=O. The Labute approximate surface area is 158 Å². The summed E-state index contributed by atoms with van der Waals surface area (Å²) in [5.74, 6) is -0.151. The summed E-state index contributed by atoms with van der Waals surface area (Å²) in [5.41, 5.74) is -0.0856. The standard InChI is InChI=1S/C20H17ClF3NO2/c1-2-3-4-13-18(15-10-12(21)6-8-17(15)26)14-9-11(20(22,23)24)5-7-16(14)25-19(13)27/h5-10,26H,2-4H2,1H3,(H,25,27). The highest BCUT2D eigenvalue weighted by atomic mass is 35.5. The molecular formula is C20H17ClF3NO2. The lowest BCUT2D eigenvalue weighted by Gasteiger charge is -2.16. The van der Waals surface area contributed by atoms with Crippen LogP contribution in [0.3, 0.4) is 0 Å². The van der Waals surface area contributed by atoms with E-state index in [9.17, 15) is 23.1 Å². The maximum atomic E-state index is 13.2. The van der Waals surface area contributed by atoms with Crippen LogP contribution in [0.5, 0.6) is 5.75 Å². The van der Waals surface area contributed by atoms with Gasteiger partial charge < -0.3 is 10.1 Å². The number of aromatic amines is 1. The minimum Gasteiger partial charge on any atom is -0.507 e. The number of aromatic nitrogens is 1. The molecule has 27 heavy (non-hydrogen) atoms. The third-order valence-electron chi connectivity index (χ3n) is 4.45. The molecule has 0 aliphatic carbocycles. The quantitative estimate of drug-likeness (QED) is 0.576. The second kappa shape index (κ2) is 7.27. The Bertz CT molecular complexity index is 1060. The molecule has 7 heteroatoms. The monoisotopic (exact) mass is 395 g/mol. The number of pyridine rings is 1. The van der Waals surface area contributed by atoms with Crippen LogP contribution in [0.4, 0.5) is 13.2 Å². The molecule has 0 saturated carbocycles. The molecule has 142 valence electrons. The van der Waals surface area contributed by atoms with Crippen molar-refractivity contribution < 1.29 is 18.3 Å². The first-order valence-corrected chi connectivity index (χ1v) is 8.85. The smallest absolute Gasteiger partial charge is 0.416 e. The van der Waals surface area contributed by atoms with E-state index in [1.165, 1.54) is 24.3 Å². The van der Waals surface area contributed by atoms with Gasteiger partial charge in [-0.3, -0.25) is 4.79 Å². The molecule has 0 aliphatic rings. The molecule has 0 unspecified atom stereocenters. The number of fused-ring (bicyclic) bond motifs is 1. The van der Waals surface area contributed by atoms with Crippen molar-refractivity contribution in [2.24, 2.45) is 0 Å². The van der Waals surface area contributed by atoms with Crippen molar-refractivity contribution in [3.05, 3.63) is 62.9 Å². The molecule has 0 saturated heterocycles. The van der Waals surface area contributed by atoms with Crippen molar-refractivity contribution in [2.75, 3.05) is 0 Å². The van der Waals surface area contributed by atoms with Gasteiger partial charge in [-0.05, 0) is 49.2 Å². The van der Waals surface area contributed by atoms with E-state index in [2.05, 4.69) is 4.98 Å². The summed E-state index contributed by atoms with van der Waals surface area (Å²) in [6, 6.07) is 7.45. The lowest BCUT2D eigenvalue weighted by molar-refractivity contribution is -0.137. The Morgan fingerprint density at radius 3 is 2.56 bits per heavy atom. The summed E-state index contributed by atoms with van der Waals surface area (Å²) in [4.78, 5) is 15.3. The number of H-pyrrole nitrogens is 1. The van der Waals surface area contributed by atoms with Crippen LogP contribution in [-0.2, 0) is 12.6 Å². The molecule has 2 N–H and O–H groups in total. The van der Waals surface area contributed by atoms with Gasteiger partial charge in [0.05, 0.1) is 5.56 Å². The van der Waals surface area contributed by atoms with Gasteiger partial charge in [-0.15, -0.1) is 0 Å². The summed E-state index contributed by atoms with van der Waals surface area (Å²) < 4.78 is 39.7. The molecule has 0 bridgehead atoms. The summed E-state index contributed by atoms with van der Waals surface area (Å²) in [6.45, 7) is 1.95. The van der Waals surface area contributed by atoms with E-state index in [-0.39, 0.29) is 33.3 Å². The topological polar surface area (TPSA) is 53.1 Å². The van der Waals surface area contributed by atoms with Gasteiger partial charge in [0.1, 0.15) is 5.75 Å². The number of benzene rings is 2. The van der Waals surface area contributed by atoms with E-state index in [4.69, 9.17) is 11.6 Å². The van der Waals surface area contributed by atoms with Crippen LogP contribution >= 0.6 is 11.6 Å². The molecule has 0 spiro atoms. The molecule has 0 aliphatic heterocycles. The number of phenolic OH excluding ortho intramolecular Hbond substituents is 1. The third-order valence-corrected chi connectivity index (χ3v) is 4.68. The Morgan fingerprint density at radius 1 is 1.15 bits per heavy atom. The number of alkyl halides is 3. The van der Waals surface area contributed by atoms with E-state index in [1.54, 1.807) is 0 Å². The van der Waals surface area contributed by atoms with E-state index >= 15 is 0 Å². The van der Waals surface area contributed by atoms with E-state index in [1.807, 2.05) is 6.92 Å². The Kier molecular flexibility index (Phi) is 5.20. The molecule has 2 aromatic carbocycles. The lowest BCUT2D eigenvalue weighted by Crippen LogP contribution is -2.15. The van der Waals surface area contributed by atoms with Crippen molar-refractivity contribution >= 4 is 22.5 Å². The van der Waals surface area contributed by atoms with Gasteiger partial charge in [0.15, 0.2) is 0 Å². The summed E-state index contributed by atoms with van der Waals surface area (Å²) in [7, 11) is 0. The molecule has 1 aromatic heterocycles. The zero-order chi connectivity index (χ0) is 19.8. The normalized spacial score (nSPS) is 11.9. The van der Waals surface area contributed by atoms with Crippen molar-refractivity contribution in [3.8, 4) is 16.9 Å². The molecule has 0 amide bonds. The minimum absolute atomic E-state index is 0.151. The number of halogens is 4. The van der Waals surface area contributed by atoms with Crippen LogP contribution < -0.4 is 5.56 Å². The van der Waals surface area contributed by atoms with Crippen LogP contribution in [-0.4, -0.2) is 10.1 Å². The average Bonchev–Trinajstić information content (AvgIpc) is 2.60. The number of unbranched alkanes of at least 4 members (excludes halogenated alkanes) is 1. The van der Waals surface area contributed by atoms with Gasteiger partial charge in [-0.2, -0.15) is 13.2 Å². The second-order valence-electron chi connectivity index (χ2n) is 6.33. The Hall–Kier alpha value is -2.47. The number of nitrogens with one attached hydrogen (secondary N) is 1. The van der Waals surface area contributed by atoms with Gasteiger partial charge in [-0.25, -0.2) is 0 Å². The highest BCUT2D eigenvalue weighted by Crippen LogP contribution is 2.39. The predicted octanol–water partition coefficient (Wildman–Crippen LogP) is 5.92. The average molecular weight is 396 g/mol. The van der Waals surface area contributed by atoms with Gasteiger partial charge in [0.2, 0.25) is 0 Å². The largest absolute Gasteiger partial charge is 0.507 e. The first-order valence-electron chi connectivity index (χ1n) is 8.47. The zero-order valence-corrected chi connectivity index (χ0v) is 15.2. The van der Waals surface area contributed by atoms with Gasteiger partial charge in [-0.1, -0.05) is 24.9 Å². The van der Waals surface area contributed by atoms with Crippen LogP contribution in [0.15, 0.2) is 41.2 Å². The second-order valence-corrected chi connectivity index (χ2v) is 6.77. The van der Waals surface area contributed by atoms with Crippen LogP contribution in [0.25, 0.3) is 22.0 Å². The Balaban J connectivity index is 2.44. The number of hydrogen-bond donors (Lipinski definition) is 2. The Morgan fingerprint density at radius 2 is 1.89 bits per heavy atom. The van der Waals surface area contributed by atoms with Crippen molar-refractivity contribution in [2.45, 2.75) is 32.4 Å². The lowest BCUT2D eigenvalue weighted by atomic mass is 9.92. The van der Waals surface area contributed by atoms with Crippen LogP contribution in [0.2, 0.25) is 5.02 Å². The fourth-order valence-electron chi connectivity index (χ4n) is 3.12. The molecule has 0 fully saturated rings. The minimum atomic E-state index is -4.53. The molecular weight excluding hydrogens is 379 g/mol. The van der Waals surface area contributed by atoms with E-state index in [0.29, 0.717) is 23.4 Å². The highest BCUT2D eigenvalue weighted by molar-refractivity contribution is 6.31. The van der Waals surface area contributed by atoms with Gasteiger partial charge in [0, 0.05) is 32.6 Å². The molecule has 0 atom stereocenters. The van der Waals surface area contributed by atoms with E-state index in [0.717, 1.165) is 18.6 Å². The first kappa shape index (κ1) is 19.3. The van der Waals surface area contributed by atoms with Crippen molar-refractivity contribution in [1.82, 2.24) is 4.98 Å². The first-order chi connectivity index (χ1) is 12.7. The van der Waals surface area contributed by atoms with Crippen LogP contribution in [0, 0.1) is 0 Å². The number of rotatable bonds is 4. The molecule has 3 rings (SSSR count). The summed E-state index contributed by atoms with van der Waals surface area (Å²) >= 11 is 6.04. The highest BCUT2D eigenvalue weighted by Gasteiger charge is 2.31. The fourth-order valence-corrected chi connectivity index (χ4v) is 3.29. The van der Waals surface area contributed by atoms with Crippen molar-refractivity contribution in [1.29, 1.82) is 0 Å². The van der Waals surface area contributed by atoms with Gasteiger partial charge in [0.25, 0.3) is 5.56 Å². The fraction of sp³-hybridized carbons (Fsp3) is 0.250. The van der Waals surface area contributed by atoms with Crippen LogP contribution in [0.1, 0.15) is 30.9 Å². The van der Waals surface area contributed by atoms with E-state index < -0.39 is 11.7 Å².